The third kappa shape index (κ3) is 3.54. The number of anilines is 1. The van der Waals surface area contributed by atoms with Gasteiger partial charge >= 0.3 is 0 Å². The molecular formula is C14H14BrN3O. The number of carbonyl (C=O) groups is 1. The number of carbonyl (C=O) groups excluding carboxylic acids is 1. The summed E-state index contributed by atoms with van der Waals surface area (Å²) < 4.78 is 0.987. The van der Waals surface area contributed by atoms with Gasteiger partial charge in [-0.05, 0) is 30.7 Å². The lowest BCUT2D eigenvalue weighted by molar-refractivity contribution is 0.0950. The SMILES string of the molecule is Cc1ncc(N)cc1C(=O)NCc1cccc(Br)c1. The number of nitrogens with two attached hydrogens (primary N) is 1. The normalized spacial score (nSPS) is 10.2. The summed E-state index contributed by atoms with van der Waals surface area (Å²) in [4.78, 5) is 16.1. The van der Waals surface area contributed by atoms with E-state index >= 15 is 0 Å². The second-order valence-electron chi connectivity index (χ2n) is 4.21. The van der Waals surface area contributed by atoms with Gasteiger partial charge in [-0.25, -0.2) is 0 Å². The van der Waals surface area contributed by atoms with Crippen molar-refractivity contribution in [2.24, 2.45) is 0 Å². The van der Waals surface area contributed by atoms with Crippen molar-refractivity contribution in [3.63, 3.8) is 0 Å². The molecule has 0 atom stereocenters. The zero-order valence-electron chi connectivity index (χ0n) is 10.5. The standard InChI is InChI=1S/C14H14BrN3O/c1-9-13(6-12(16)8-17-9)14(19)18-7-10-3-2-4-11(15)5-10/h2-6,8H,7,16H2,1H3,(H,18,19). The molecule has 1 amide bonds. The molecule has 0 saturated carbocycles. The van der Waals surface area contributed by atoms with Gasteiger partial charge in [-0.3, -0.25) is 9.78 Å². The van der Waals surface area contributed by atoms with Gasteiger partial charge in [-0.2, -0.15) is 0 Å². The van der Waals surface area contributed by atoms with Crippen LogP contribution in [0.5, 0.6) is 0 Å². The monoisotopic (exact) mass is 319 g/mol. The van der Waals surface area contributed by atoms with E-state index in [1.54, 1.807) is 19.2 Å². The molecule has 2 aromatic rings. The predicted octanol–water partition coefficient (Wildman–Crippen LogP) is 2.66. The number of hydrogen-bond acceptors (Lipinski definition) is 3. The van der Waals surface area contributed by atoms with Gasteiger partial charge < -0.3 is 11.1 Å². The number of pyridine rings is 1. The van der Waals surface area contributed by atoms with Crippen molar-refractivity contribution in [2.45, 2.75) is 13.5 Å². The van der Waals surface area contributed by atoms with Gasteiger partial charge in [0.15, 0.2) is 0 Å². The van der Waals surface area contributed by atoms with Crippen LogP contribution in [0, 0.1) is 6.92 Å². The maximum Gasteiger partial charge on any atom is 0.253 e. The molecule has 1 aromatic carbocycles. The fraction of sp³-hybridized carbons (Fsp3) is 0.143. The van der Waals surface area contributed by atoms with Crippen molar-refractivity contribution in [1.29, 1.82) is 0 Å². The highest BCUT2D eigenvalue weighted by atomic mass is 79.9. The zero-order valence-corrected chi connectivity index (χ0v) is 12.1. The van der Waals surface area contributed by atoms with Crippen LogP contribution >= 0.6 is 15.9 Å². The van der Waals surface area contributed by atoms with E-state index in [1.807, 2.05) is 24.3 Å². The number of aromatic nitrogens is 1. The lowest BCUT2D eigenvalue weighted by atomic mass is 10.1. The van der Waals surface area contributed by atoms with E-state index in [1.165, 1.54) is 0 Å². The molecule has 0 unspecified atom stereocenters. The van der Waals surface area contributed by atoms with Crippen LogP contribution in [0.4, 0.5) is 5.69 Å². The molecule has 0 bridgehead atoms. The Morgan fingerprint density at radius 1 is 1.42 bits per heavy atom. The molecule has 1 aromatic heterocycles. The summed E-state index contributed by atoms with van der Waals surface area (Å²) in [7, 11) is 0. The molecule has 4 nitrogen and oxygen atoms in total. The number of amides is 1. The van der Waals surface area contributed by atoms with E-state index in [-0.39, 0.29) is 5.91 Å². The summed E-state index contributed by atoms with van der Waals surface area (Å²) in [6.07, 6.45) is 1.54. The van der Waals surface area contributed by atoms with Crippen LogP contribution in [0.2, 0.25) is 0 Å². The zero-order chi connectivity index (χ0) is 13.8. The highest BCUT2D eigenvalue weighted by Gasteiger charge is 2.10. The average Bonchev–Trinajstić information content (AvgIpc) is 2.39. The molecular weight excluding hydrogens is 306 g/mol. The molecule has 0 aliphatic carbocycles. The quantitative estimate of drug-likeness (QED) is 0.913. The van der Waals surface area contributed by atoms with Crippen LogP contribution in [-0.4, -0.2) is 10.9 Å². The van der Waals surface area contributed by atoms with E-state index in [0.29, 0.717) is 23.5 Å². The van der Waals surface area contributed by atoms with Crippen molar-refractivity contribution in [1.82, 2.24) is 10.3 Å². The van der Waals surface area contributed by atoms with Crippen LogP contribution in [0.25, 0.3) is 0 Å². The van der Waals surface area contributed by atoms with Gasteiger partial charge in [0.25, 0.3) is 5.91 Å². The van der Waals surface area contributed by atoms with Gasteiger partial charge in [0.2, 0.25) is 0 Å². The van der Waals surface area contributed by atoms with E-state index in [4.69, 9.17) is 5.73 Å². The fourth-order valence-corrected chi connectivity index (χ4v) is 2.15. The Kier molecular flexibility index (Phi) is 4.16. The Balaban J connectivity index is 2.07. The number of rotatable bonds is 3. The van der Waals surface area contributed by atoms with Crippen molar-refractivity contribution in [2.75, 3.05) is 5.73 Å². The first-order valence-electron chi connectivity index (χ1n) is 5.81. The molecule has 0 fully saturated rings. The molecule has 19 heavy (non-hydrogen) atoms. The van der Waals surface area contributed by atoms with Crippen molar-refractivity contribution in [3.8, 4) is 0 Å². The Hall–Kier alpha value is -1.88. The summed E-state index contributed by atoms with van der Waals surface area (Å²) in [5.41, 5.74) is 8.33. The molecule has 98 valence electrons. The van der Waals surface area contributed by atoms with Gasteiger partial charge in [0.1, 0.15) is 0 Å². The van der Waals surface area contributed by atoms with Gasteiger partial charge in [-0.15, -0.1) is 0 Å². The maximum atomic E-state index is 12.1. The molecule has 0 aliphatic heterocycles. The number of aryl methyl sites for hydroxylation is 1. The number of nitrogen functional groups attached to an aromatic ring is 1. The number of hydrogen-bond donors (Lipinski definition) is 2. The molecule has 3 N–H and O–H groups in total. The van der Waals surface area contributed by atoms with Gasteiger partial charge in [0.05, 0.1) is 23.1 Å². The molecule has 0 radical (unpaired) electrons. The first-order valence-corrected chi connectivity index (χ1v) is 6.60. The molecule has 0 saturated heterocycles. The first kappa shape index (κ1) is 13.5. The average molecular weight is 320 g/mol. The van der Waals surface area contributed by atoms with Crippen LogP contribution in [0.1, 0.15) is 21.6 Å². The van der Waals surface area contributed by atoms with E-state index in [0.717, 1.165) is 10.0 Å². The minimum Gasteiger partial charge on any atom is -0.397 e. The molecule has 0 spiro atoms. The first-order chi connectivity index (χ1) is 9.06. The van der Waals surface area contributed by atoms with E-state index in [9.17, 15) is 4.79 Å². The predicted molar refractivity (Wildman–Crippen MR) is 78.7 cm³/mol. The molecule has 0 aliphatic rings. The maximum absolute atomic E-state index is 12.1. The topological polar surface area (TPSA) is 68.0 Å². The minimum absolute atomic E-state index is 0.169. The molecule has 1 heterocycles. The van der Waals surface area contributed by atoms with Crippen LogP contribution in [-0.2, 0) is 6.54 Å². The Bertz CT molecular complexity index is 613. The Labute approximate surface area is 120 Å². The lowest BCUT2D eigenvalue weighted by Crippen LogP contribution is -2.24. The third-order valence-electron chi connectivity index (χ3n) is 2.69. The highest BCUT2D eigenvalue weighted by Crippen LogP contribution is 2.12. The second kappa shape index (κ2) is 5.84. The number of halogens is 1. The van der Waals surface area contributed by atoms with Crippen LogP contribution in [0.3, 0.4) is 0 Å². The van der Waals surface area contributed by atoms with E-state index in [2.05, 4.69) is 26.2 Å². The van der Waals surface area contributed by atoms with Gasteiger partial charge in [0, 0.05) is 11.0 Å². The number of benzene rings is 1. The van der Waals surface area contributed by atoms with Crippen LogP contribution < -0.4 is 11.1 Å². The van der Waals surface area contributed by atoms with Crippen molar-refractivity contribution < 1.29 is 4.79 Å². The summed E-state index contributed by atoms with van der Waals surface area (Å²) in [5, 5.41) is 2.86. The third-order valence-corrected chi connectivity index (χ3v) is 3.19. The number of nitrogens with zero attached hydrogens (tertiary/aromatic N) is 1. The smallest absolute Gasteiger partial charge is 0.253 e. The second-order valence-corrected chi connectivity index (χ2v) is 5.13. The fourth-order valence-electron chi connectivity index (χ4n) is 1.70. The van der Waals surface area contributed by atoms with Crippen molar-refractivity contribution >= 4 is 27.5 Å². The molecule has 5 heteroatoms. The summed E-state index contributed by atoms with van der Waals surface area (Å²) in [6, 6.07) is 9.43. The Morgan fingerprint density at radius 2 is 2.21 bits per heavy atom. The summed E-state index contributed by atoms with van der Waals surface area (Å²) >= 11 is 3.40. The molecule has 2 rings (SSSR count). The minimum atomic E-state index is -0.169. The number of nitrogens with one attached hydrogen (secondary N) is 1. The summed E-state index contributed by atoms with van der Waals surface area (Å²) in [6.45, 7) is 2.25. The van der Waals surface area contributed by atoms with E-state index < -0.39 is 0 Å². The Morgan fingerprint density at radius 3 is 2.95 bits per heavy atom. The lowest BCUT2D eigenvalue weighted by Gasteiger charge is -2.08. The van der Waals surface area contributed by atoms with Crippen LogP contribution in [0.15, 0.2) is 41.0 Å². The highest BCUT2D eigenvalue weighted by molar-refractivity contribution is 9.10. The largest absolute Gasteiger partial charge is 0.397 e. The summed E-state index contributed by atoms with van der Waals surface area (Å²) in [5.74, 6) is -0.169. The van der Waals surface area contributed by atoms with Crippen molar-refractivity contribution in [3.05, 3.63) is 57.8 Å². The van der Waals surface area contributed by atoms with Gasteiger partial charge in [-0.1, -0.05) is 28.1 Å².